The van der Waals surface area contributed by atoms with E-state index in [1.54, 1.807) is 4.90 Å². The Labute approximate surface area is 127 Å². The highest BCUT2D eigenvalue weighted by atomic mass is 16.5. The van der Waals surface area contributed by atoms with Gasteiger partial charge < -0.3 is 14.7 Å². The van der Waals surface area contributed by atoms with Crippen LogP contribution in [0.2, 0.25) is 0 Å². The molecular weight excluding hydrogens is 272 g/mol. The van der Waals surface area contributed by atoms with Crippen LogP contribution in [0.4, 0.5) is 0 Å². The third kappa shape index (κ3) is 4.17. The van der Waals surface area contributed by atoms with E-state index < -0.39 is 11.9 Å². The van der Waals surface area contributed by atoms with Crippen molar-refractivity contribution >= 4 is 11.9 Å². The Hall–Kier alpha value is -1.14. The number of hydrogen-bond donors (Lipinski definition) is 1. The highest BCUT2D eigenvalue weighted by molar-refractivity contribution is 5.81. The molecule has 1 amide bonds. The number of nitrogens with zero attached hydrogens (tertiary/aromatic N) is 2. The number of carbonyl (C=O) groups excluding carboxylic acids is 1. The lowest BCUT2D eigenvalue weighted by Gasteiger charge is -2.36. The molecule has 6 heteroatoms. The molecule has 1 rings (SSSR count). The SMILES string of the molecule is CCCN(C(C)C(=O)N(CC)CC)C1COCC1C(=O)O. The van der Waals surface area contributed by atoms with Crippen LogP contribution >= 0.6 is 0 Å². The van der Waals surface area contributed by atoms with Crippen molar-refractivity contribution in [2.75, 3.05) is 32.8 Å². The van der Waals surface area contributed by atoms with Crippen LogP contribution in [0, 0.1) is 5.92 Å². The Morgan fingerprint density at radius 3 is 2.33 bits per heavy atom. The molecule has 1 fully saturated rings. The van der Waals surface area contributed by atoms with Crippen molar-refractivity contribution in [2.24, 2.45) is 5.92 Å². The van der Waals surface area contributed by atoms with E-state index in [0.717, 1.165) is 6.42 Å². The van der Waals surface area contributed by atoms with Crippen molar-refractivity contribution in [3.8, 4) is 0 Å². The second-order valence-corrected chi connectivity index (χ2v) is 5.47. The maximum Gasteiger partial charge on any atom is 0.310 e. The monoisotopic (exact) mass is 300 g/mol. The summed E-state index contributed by atoms with van der Waals surface area (Å²) < 4.78 is 5.35. The van der Waals surface area contributed by atoms with Crippen LogP contribution < -0.4 is 0 Å². The Balaban J connectivity index is 2.89. The first-order valence-electron chi connectivity index (χ1n) is 7.82. The van der Waals surface area contributed by atoms with E-state index in [4.69, 9.17) is 4.74 Å². The molecule has 1 heterocycles. The topological polar surface area (TPSA) is 70.1 Å². The lowest BCUT2D eigenvalue weighted by molar-refractivity contribution is -0.146. The molecule has 21 heavy (non-hydrogen) atoms. The zero-order chi connectivity index (χ0) is 16.0. The maximum atomic E-state index is 12.6. The van der Waals surface area contributed by atoms with Crippen molar-refractivity contribution in [3.63, 3.8) is 0 Å². The number of carbonyl (C=O) groups is 2. The molecule has 0 aliphatic carbocycles. The molecule has 3 atom stereocenters. The average Bonchev–Trinajstić information content (AvgIpc) is 2.94. The van der Waals surface area contributed by atoms with Crippen LogP contribution in [0.5, 0.6) is 0 Å². The van der Waals surface area contributed by atoms with Crippen molar-refractivity contribution in [2.45, 2.75) is 46.2 Å². The van der Waals surface area contributed by atoms with Gasteiger partial charge in [-0.05, 0) is 33.7 Å². The van der Waals surface area contributed by atoms with Crippen LogP contribution in [0.25, 0.3) is 0 Å². The fourth-order valence-electron chi connectivity index (χ4n) is 2.95. The molecule has 1 aliphatic heterocycles. The largest absolute Gasteiger partial charge is 0.481 e. The molecule has 122 valence electrons. The number of carboxylic acid groups (broad SMARTS) is 1. The van der Waals surface area contributed by atoms with Gasteiger partial charge >= 0.3 is 5.97 Å². The van der Waals surface area contributed by atoms with Crippen molar-refractivity contribution < 1.29 is 19.4 Å². The smallest absolute Gasteiger partial charge is 0.310 e. The molecule has 0 spiro atoms. The predicted octanol–water partition coefficient (Wildman–Crippen LogP) is 1.05. The summed E-state index contributed by atoms with van der Waals surface area (Å²) in [7, 11) is 0. The van der Waals surface area contributed by atoms with Crippen LogP contribution in [0.1, 0.15) is 34.1 Å². The van der Waals surface area contributed by atoms with Gasteiger partial charge in [0.25, 0.3) is 0 Å². The molecule has 3 unspecified atom stereocenters. The highest BCUT2D eigenvalue weighted by Gasteiger charge is 2.41. The molecule has 0 bridgehead atoms. The highest BCUT2D eigenvalue weighted by Crippen LogP contribution is 2.23. The molecule has 0 aromatic carbocycles. The van der Waals surface area contributed by atoms with Gasteiger partial charge in [-0.1, -0.05) is 6.92 Å². The van der Waals surface area contributed by atoms with Gasteiger partial charge in [-0.2, -0.15) is 0 Å². The number of aliphatic carboxylic acids is 1. The number of ether oxygens (including phenoxy) is 1. The number of carboxylic acids is 1. The summed E-state index contributed by atoms with van der Waals surface area (Å²) in [4.78, 5) is 27.7. The van der Waals surface area contributed by atoms with Crippen LogP contribution in [-0.4, -0.2) is 71.7 Å². The van der Waals surface area contributed by atoms with E-state index in [-0.39, 0.29) is 24.6 Å². The van der Waals surface area contributed by atoms with Crippen molar-refractivity contribution in [1.82, 2.24) is 9.80 Å². The minimum atomic E-state index is -0.846. The molecule has 1 aliphatic rings. The first-order chi connectivity index (χ1) is 9.97. The number of hydrogen-bond acceptors (Lipinski definition) is 4. The van der Waals surface area contributed by atoms with Gasteiger partial charge in [0.2, 0.25) is 5.91 Å². The lowest BCUT2D eigenvalue weighted by Crippen LogP contribution is -2.54. The van der Waals surface area contributed by atoms with Gasteiger partial charge in [-0.3, -0.25) is 14.5 Å². The molecule has 0 saturated carbocycles. The Morgan fingerprint density at radius 2 is 1.86 bits per heavy atom. The van der Waals surface area contributed by atoms with E-state index in [1.807, 2.05) is 32.6 Å². The van der Waals surface area contributed by atoms with E-state index in [1.165, 1.54) is 0 Å². The molecular formula is C15H28N2O4. The normalized spacial score (nSPS) is 23.3. The fraction of sp³-hybridized carbons (Fsp3) is 0.867. The minimum Gasteiger partial charge on any atom is -0.481 e. The summed E-state index contributed by atoms with van der Waals surface area (Å²) in [6, 6.07) is -0.546. The third-order valence-corrected chi connectivity index (χ3v) is 4.21. The van der Waals surface area contributed by atoms with E-state index in [2.05, 4.69) is 0 Å². The van der Waals surface area contributed by atoms with Gasteiger partial charge in [0.05, 0.1) is 25.2 Å². The summed E-state index contributed by atoms with van der Waals surface area (Å²) >= 11 is 0. The Morgan fingerprint density at radius 1 is 1.24 bits per heavy atom. The van der Waals surface area contributed by atoms with E-state index >= 15 is 0 Å². The molecule has 0 aromatic rings. The van der Waals surface area contributed by atoms with Gasteiger partial charge in [0, 0.05) is 19.1 Å². The third-order valence-electron chi connectivity index (χ3n) is 4.21. The number of amides is 1. The average molecular weight is 300 g/mol. The van der Waals surface area contributed by atoms with Crippen LogP contribution in [0.3, 0.4) is 0 Å². The van der Waals surface area contributed by atoms with Gasteiger partial charge in [-0.25, -0.2) is 0 Å². The molecule has 0 radical (unpaired) electrons. The summed E-state index contributed by atoms with van der Waals surface area (Å²) in [6.45, 7) is 10.5. The van der Waals surface area contributed by atoms with E-state index in [9.17, 15) is 14.7 Å². The summed E-state index contributed by atoms with van der Waals surface area (Å²) in [5.41, 5.74) is 0. The number of likely N-dealkylation sites (N-methyl/N-ethyl adjacent to an activating group) is 1. The standard InChI is InChI=1S/C15H28N2O4/c1-5-8-17(11(4)14(18)16(6-2)7-3)13-10-21-9-12(13)15(19)20/h11-13H,5-10H2,1-4H3,(H,19,20). The van der Waals surface area contributed by atoms with Gasteiger partial charge in [-0.15, -0.1) is 0 Å². The quantitative estimate of drug-likeness (QED) is 0.726. The van der Waals surface area contributed by atoms with Gasteiger partial charge in [0.1, 0.15) is 0 Å². The first-order valence-corrected chi connectivity index (χ1v) is 7.82. The molecule has 6 nitrogen and oxygen atoms in total. The summed E-state index contributed by atoms with van der Waals surface area (Å²) in [6.07, 6.45) is 0.874. The first kappa shape index (κ1) is 17.9. The second kappa shape index (κ2) is 8.34. The molecule has 0 aromatic heterocycles. The second-order valence-electron chi connectivity index (χ2n) is 5.47. The molecule has 1 N–H and O–H groups in total. The zero-order valence-corrected chi connectivity index (χ0v) is 13.5. The maximum absolute atomic E-state index is 12.6. The Kier molecular flexibility index (Phi) is 7.11. The van der Waals surface area contributed by atoms with Gasteiger partial charge in [0.15, 0.2) is 0 Å². The summed E-state index contributed by atoms with van der Waals surface area (Å²) in [5.74, 6) is -1.34. The lowest BCUT2D eigenvalue weighted by atomic mass is 10.00. The Bertz CT molecular complexity index is 358. The predicted molar refractivity (Wildman–Crippen MR) is 80.1 cm³/mol. The van der Waals surface area contributed by atoms with Crippen molar-refractivity contribution in [1.29, 1.82) is 0 Å². The summed E-state index contributed by atoms with van der Waals surface area (Å²) in [5, 5.41) is 9.32. The fourth-order valence-corrected chi connectivity index (χ4v) is 2.95. The minimum absolute atomic E-state index is 0.0597. The van der Waals surface area contributed by atoms with E-state index in [0.29, 0.717) is 26.2 Å². The van der Waals surface area contributed by atoms with Crippen molar-refractivity contribution in [3.05, 3.63) is 0 Å². The van der Waals surface area contributed by atoms with Crippen LogP contribution in [-0.2, 0) is 14.3 Å². The molecule has 1 saturated heterocycles. The number of rotatable bonds is 8. The zero-order valence-electron chi connectivity index (χ0n) is 13.5. The van der Waals surface area contributed by atoms with Crippen LogP contribution in [0.15, 0.2) is 0 Å².